The fourth-order valence-corrected chi connectivity index (χ4v) is 2.86. The van der Waals surface area contributed by atoms with Gasteiger partial charge in [-0.05, 0) is 12.5 Å². The zero-order valence-corrected chi connectivity index (χ0v) is 11.8. The van der Waals surface area contributed by atoms with Crippen LogP contribution in [-0.4, -0.2) is 54.0 Å². The molecule has 1 aliphatic rings. The number of fused-ring (bicyclic) bond motifs is 1. The maximum atomic E-state index is 12.0. The SMILES string of the molecule is FC(F)COCCN1CC[C@H](n2ncc3ccccc32)C1. The highest BCUT2D eigenvalue weighted by molar-refractivity contribution is 5.78. The lowest BCUT2D eigenvalue weighted by atomic mass is 10.2. The topological polar surface area (TPSA) is 30.3 Å². The smallest absolute Gasteiger partial charge is 0.261 e. The minimum absolute atomic E-state index is 0.347. The fraction of sp³-hybridized carbons (Fsp3) is 0.533. The molecule has 0 amide bonds. The van der Waals surface area contributed by atoms with Gasteiger partial charge in [0.1, 0.15) is 6.61 Å². The van der Waals surface area contributed by atoms with Crippen molar-refractivity contribution in [2.75, 3.05) is 32.8 Å². The largest absolute Gasteiger partial charge is 0.374 e. The molecule has 1 aromatic heterocycles. The van der Waals surface area contributed by atoms with Crippen LogP contribution in [0.3, 0.4) is 0 Å². The standard InChI is InChI=1S/C15H19F2N3O/c16-15(17)11-21-8-7-19-6-5-13(10-19)20-14-4-2-1-3-12(14)9-18-20/h1-4,9,13,15H,5-8,10-11H2/t13-/m0/s1. The molecule has 0 spiro atoms. The molecule has 2 heterocycles. The van der Waals surface area contributed by atoms with Crippen molar-refractivity contribution in [1.82, 2.24) is 14.7 Å². The van der Waals surface area contributed by atoms with Crippen molar-refractivity contribution in [3.8, 4) is 0 Å². The summed E-state index contributed by atoms with van der Waals surface area (Å²) in [5, 5.41) is 5.64. The molecule has 114 valence electrons. The molecule has 1 atom stereocenters. The third-order valence-electron chi connectivity index (χ3n) is 3.89. The van der Waals surface area contributed by atoms with E-state index in [1.54, 1.807) is 0 Å². The number of para-hydroxylation sites is 1. The zero-order chi connectivity index (χ0) is 14.7. The van der Waals surface area contributed by atoms with E-state index in [1.807, 2.05) is 18.3 Å². The number of ether oxygens (including phenoxy) is 1. The van der Waals surface area contributed by atoms with Crippen LogP contribution in [0.1, 0.15) is 12.5 Å². The van der Waals surface area contributed by atoms with E-state index in [4.69, 9.17) is 4.74 Å². The Labute approximate surface area is 122 Å². The van der Waals surface area contributed by atoms with E-state index < -0.39 is 13.0 Å². The van der Waals surface area contributed by atoms with Crippen molar-refractivity contribution < 1.29 is 13.5 Å². The average Bonchev–Trinajstić information content (AvgIpc) is 3.09. The summed E-state index contributed by atoms with van der Waals surface area (Å²) in [6, 6.07) is 8.52. The van der Waals surface area contributed by atoms with E-state index in [-0.39, 0.29) is 0 Å². The highest BCUT2D eigenvalue weighted by atomic mass is 19.3. The van der Waals surface area contributed by atoms with Crippen molar-refractivity contribution in [3.63, 3.8) is 0 Å². The number of hydrogen-bond donors (Lipinski definition) is 0. The lowest BCUT2D eigenvalue weighted by Gasteiger charge is -2.16. The van der Waals surface area contributed by atoms with Gasteiger partial charge in [-0.3, -0.25) is 9.58 Å². The summed E-state index contributed by atoms with van der Waals surface area (Å²) >= 11 is 0. The van der Waals surface area contributed by atoms with Gasteiger partial charge in [-0.1, -0.05) is 18.2 Å². The molecule has 0 radical (unpaired) electrons. The second-order valence-corrected chi connectivity index (χ2v) is 5.36. The molecule has 0 bridgehead atoms. The summed E-state index contributed by atoms with van der Waals surface area (Å²) in [6.45, 7) is 2.43. The minimum atomic E-state index is -2.38. The van der Waals surface area contributed by atoms with E-state index in [0.29, 0.717) is 19.2 Å². The Bertz CT molecular complexity index is 587. The van der Waals surface area contributed by atoms with Gasteiger partial charge in [0.05, 0.1) is 24.4 Å². The summed E-state index contributed by atoms with van der Waals surface area (Å²) in [4.78, 5) is 2.24. The Kier molecular flexibility index (Phi) is 4.45. The predicted molar refractivity (Wildman–Crippen MR) is 76.7 cm³/mol. The third kappa shape index (κ3) is 3.39. The van der Waals surface area contributed by atoms with Gasteiger partial charge in [0, 0.05) is 25.0 Å². The Morgan fingerprint density at radius 2 is 2.19 bits per heavy atom. The van der Waals surface area contributed by atoms with E-state index in [0.717, 1.165) is 30.4 Å². The molecule has 1 fully saturated rings. The lowest BCUT2D eigenvalue weighted by molar-refractivity contribution is 0.0113. The van der Waals surface area contributed by atoms with Crippen LogP contribution in [0.5, 0.6) is 0 Å². The number of hydrogen-bond acceptors (Lipinski definition) is 3. The second kappa shape index (κ2) is 6.49. The van der Waals surface area contributed by atoms with Crippen molar-refractivity contribution in [2.24, 2.45) is 0 Å². The van der Waals surface area contributed by atoms with Crippen LogP contribution >= 0.6 is 0 Å². The third-order valence-corrected chi connectivity index (χ3v) is 3.89. The molecule has 0 saturated carbocycles. The van der Waals surface area contributed by atoms with E-state index in [9.17, 15) is 8.78 Å². The van der Waals surface area contributed by atoms with Gasteiger partial charge >= 0.3 is 0 Å². The van der Waals surface area contributed by atoms with Gasteiger partial charge in [-0.2, -0.15) is 5.10 Å². The van der Waals surface area contributed by atoms with E-state index in [2.05, 4.69) is 26.8 Å². The summed E-state index contributed by atoms with van der Waals surface area (Å²) in [6.07, 6.45) is 0.538. The molecule has 0 N–H and O–H groups in total. The van der Waals surface area contributed by atoms with Crippen molar-refractivity contribution in [1.29, 1.82) is 0 Å². The van der Waals surface area contributed by atoms with Crippen LogP contribution in [0.25, 0.3) is 10.9 Å². The van der Waals surface area contributed by atoms with Crippen LogP contribution in [0.2, 0.25) is 0 Å². The molecule has 2 aromatic rings. The summed E-state index contributed by atoms with van der Waals surface area (Å²) in [7, 11) is 0. The summed E-state index contributed by atoms with van der Waals surface area (Å²) < 4.78 is 31.0. The first-order chi connectivity index (χ1) is 10.2. The first-order valence-corrected chi connectivity index (χ1v) is 7.24. The number of likely N-dealkylation sites (tertiary alicyclic amines) is 1. The van der Waals surface area contributed by atoms with Gasteiger partial charge < -0.3 is 4.74 Å². The molecule has 21 heavy (non-hydrogen) atoms. The summed E-state index contributed by atoms with van der Waals surface area (Å²) in [5.74, 6) is 0. The molecule has 0 aliphatic carbocycles. The van der Waals surface area contributed by atoms with Gasteiger partial charge in [0.15, 0.2) is 0 Å². The molecule has 0 unspecified atom stereocenters. The molecular formula is C15H19F2N3O. The number of benzene rings is 1. The van der Waals surface area contributed by atoms with Crippen molar-refractivity contribution in [2.45, 2.75) is 18.9 Å². The highest BCUT2D eigenvalue weighted by Gasteiger charge is 2.25. The number of halogens is 2. The number of aromatic nitrogens is 2. The Morgan fingerprint density at radius 1 is 1.33 bits per heavy atom. The van der Waals surface area contributed by atoms with Crippen molar-refractivity contribution in [3.05, 3.63) is 30.5 Å². The molecular weight excluding hydrogens is 276 g/mol. The first kappa shape index (κ1) is 14.4. The average molecular weight is 295 g/mol. The van der Waals surface area contributed by atoms with Crippen LogP contribution in [0, 0.1) is 0 Å². The van der Waals surface area contributed by atoms with Crippen LogP contribution in [-0.2, 0) is 4.74 Å². The molecule has 1 aromatic carbocycles. The monoisotopic (exact) mass is 295 g/mol. The van der Waals surface area contributed by atoms with Crippen LogP contribution in [0.4, 0.5) is 8.78 Å². The Morgan fingerprint density at radius 3 is 3.05 bits per heavy atom. The highest BCUT2D eigenvalue weighted by Crippen LogP contribution is 2.25. The molecule has 1 saturated heterocycles. The van der Waals surface area contributed by atoms with E-state index >= 15 is 0 Å². The number of alkyl halides is 2. The maximum absolute atomic E-state index is 12.0. The maximum Gasteiger partial charge on any atom is 0.261 e. The normalized spacial score (nSPS) is 19.9. The zero-order valence-electron chi connectivity index (χ0n) is 11.8. The first-order valence-electron chi connectivity index (χ1n) is 7.24. The quantitative estimate of drug-likeness (QED) is 0.767. The van der Waals surface area contributed by atoms with Crippen LogP contribution in [0.15, 0.2) is 30.5 Å². The van der Waals surface area contributed by atoms with Crippen molar-refractivity contribution >= 4 is 10.9 Å². The second-order valence-electron chi connectivity index (χ2n) is 5.36. The number of nitrogens with zero attached hydrogens (tertiary/aromatic N) is 3. The lowest BCUT2D eigenvalue weighted by Crippen LogP contribution is -2.26. The summed E-state index contributed by atoms with van der Waals surface area (Å²) in [5.41, 5.74) is 1.15. The van der Waals surface area contributed by atoms with Gasteiger partial charge in [0.2, 0.25) is 0 Å². The fourth-order valence-electron chi connectivity index (χ4n) is 2.86. The molecule has 3 rings (SSSR count). The van der Waals surface area contributed by atoms with Gasteiger partial charge in [-0.15, -0.1) is 0 Å². The van der Waals surface area contributed by atoms with E-state index in [1.165, 1.54) is 0 Å². The van der Waals surface area contributed by atoms with Gasteiger partial charge in [-0.25, -0.2) is 8.78 Å². The number of rotatable bonds is 6. The minimum Gasteiger partial charge on any atom is -0.374 e. The molecule has 4 nitrogen and oxygen atoms in total. The molecule has 6 heteroatoms. The Hall–Kier alpha value is -1.53. The predicted octanol–water partition coefficient (Wildman–Crippen LogP) is 2.56. The molecule has 1 aliphatic heterocycles. The van der Waals surface area contributed by atoms with Crippen LogP contribution < -0.4 is 0 Å². The van der Waals surface area contributed by atoms with Gasteiger partial charge in [0.25, 0.3) is 6.43 Å². The Balaban J connectivity index is 1.55.